The molecular weight excluding hydrogens is 392 g/mol. The quantitative estimate of drug-likeness (QED) is 0.678. The molecule has 148 valence electrons. The zero-order chi connectivity index (χ0) is 20.0. The number of rotatable bonds is 6. The van der Waals surface area contributed by atoms with Crippen molar-refractivity contribution in [3.05, 3.63) is 71.6 Å². The van der Waals surface area contributed by atoms with Crippen LogP contribution in [0.15, 0.2) is 71.0 Å². The van der Waals surface area contributed by atoms with Gasteiger partial charge in [0.15, 0.2) is 0 Å². The van der Waals surface area contributed by atoms with E-state index in [1.807, 2.05) is 67.6 Å². The second-order valence-corrected chi connectivity index (χ2v) is 9.79. The van der Waals surface area contributed by atoms with E-state index in [1.54, 1.807) is 11.0 Å². The van der Waals surface area contributed by atoms with Crippen LogP contribution in [0.3, 0.4) is 0 Å². The third-order valence-electron chi connectivity index (χ3n) is 4.55. The van der Waals surface area contributed by atoms with E-state index in [9.17, 15) is 13.2 Å². The van der Waals surface area contributed by atoms with Gasteiger partial charge in [0.05, 0.1) is 5.25 Å². The summed E-state index contributed by atoms with van der Waals surface area (Å²) in [5.74, 6) is 0.0470. The molecule has 2 aromatic carbocycles. The van der Waals surface area contributed by atoms with Crippen LogP contribution < -0.4 is 0 Å². The van der Waals surface area contributed by atoms with Crippen LogP contribution >= 0.6 is 11.8 Å². The van der Waals surface area contributed by atoms with Crippen LogP contribution in [0.4, 0.5) is 0 Å². The number of sulfonamides is 1. The van der Waals surface area contributed by atoms with E-state index in [0.717, 1.165) is 10.5 Å². The summed E-state index contributed by atoms with van der Waals surface area (Å²) in [5, 5.41) is 1.04. The Hall–Kier alpha value is -2.09. The molecule has 1 fully saturated rings. The highest BCUT2D eigenvalue weighted by molar-refractivity contribution is 8.00. The molecule has 0 spiro atoms. The molecule has 0 aliphatic carbocycles. The summed E-state index contributed by atoms with van der Waals surface area (Å²) in [7, 11) is -3.49. The maximum absolute atomic E-state index is 12.7. The van der Waals surface area contributed by atoms with Crippen molar-refractivity contribution in [2.24, 2.45) is 0 Å². The van der Waals surface area contributed by atoms with Gasteiger partial charge in [-0.3, -0.25) is 4.79 Å². The largest absolute Gasteiger partial charge is 0.339 e. The number of hydrogen-bond donors (Lipinski definition) is 0. The fourth-order valence-corrected chi connectivity index (χ4v) is 5.13. The van der Waals surface area contributed by atoms with Gasteiger partial charge in [-0.25, -0.2) is 8.42 Å². The number of nitrogens with zero attached hydrogens (tertiary/aromatic N) is 2. The molecule has 1 amide bonds. The molecule has 1 atom stereocenters. The van der Waals surface area contributed by atoms with Gasteiger partial charge in [-0.05, 0) is 30.7 Å². The highest BCUT2D eigenvalue weighted by Crippen LogP contribution is 2.24. The van der Waals surface area contributed by atoms with Gasteiger partial charge in [0.25, 0.3) is 0 Å². The number of hydrogen-bond acceptors (Lipinski definition) is 4. The predicted octanol–water partition coefficient (Wildman–Crippen LogP) is 3.31. The minimum atomic E-state index is -3.49. The first-order valence-corrected chi connectivity index (χ1v) is 11.6. The lowest BCUT2D eigenvalue weighted by atomic mass is 10.2. The molecule has 0 unspecified atom stereocenters. The Kier molecular flexibility index (Phi) is 6.93. The molecule has 1 heterocycles. The van der Waals surface area contributed by atoms with Crippen molar-refractivity contribution >= 4 is 33.8 Å². The van der Waals surface area contributed by atoms with Gasteiger partial charge >= 0.3 is 0 Å². The van der Waals surface area contributed by atoms with E-state index in [2.05, 4.69) is 0 Å². The minimum Gasteiger partial charge on any atom is -0.339 e. The third kappa shape index (κ3) is 5.47. The molecule has 0 radical (unpaired) electrons. The van der Waals surface area contributed by atoms with Gasteiger partial charge < -0.3 is 4.90 Å². The molecule has 1 aliphatic heterocycles. The number of carbonyl (C=O) groups excluding carboxylic acids is 1. The summed E-state index contributed by atoms with van der Waals surface area (Å²) in [5.41, 5.74) is 0.839. The monoisotopic (exact) mass is 416 g/mol. The summed E-state index contributed by atoms with van der Waals surface area (Å²) in [6.07, 6.45) is 1.60. The molecule has 28 heavy (non-hydrogen) atoms. The van der Waals surface area contributed by atoms with E-state index in [4.69, 9.17) is 0 Å². The Morgan fingerprint density at radius 2 is 1.54 bits per heavy atom. The first-order chi connectivity index (χ1) is 13.5. The molecule has 0 saturated carbocycles. The van der Waals surface area contributed by atoms with Crippen molar-refractivity contribution in [1.82, 2.24) is 9.21 Å². The van der Waals surface area contributed by atoms with Crippen LogP contribution in [-0.2, 0) is 14.8 Å². The van der Waals surface area contributed by atoms with Gasteiger partial charge in [-0.1, -0.05) is 48.5 Å². The summed E-state index contributed by atoms with van der Waals surface area (Å²) < 4.78 is 26.5. The van der Waals surface area contributed by atoms with Crippen LogP contribution in [0.2, 0.25) is 0 Å². The summed E-state index contributed by atoms with van der Waals surface area (Å²) in [6.45, 7) is 3.35. The zero-order valence-electron chi connectivity index (χ0n) is 15.8. The SMILES string of the molecule is C[C@H](Sc1ccccc1)C(=O)N1CCN(S(=O)(=O)/C=C/c2ccccc2)CC1. The number of piperazine rings is 1. The van der Waals surface area contributed by atoms with Crippen molar-refractivity contribution in [2.75, 3.05) is 26.2 Å². The Balaban J connectivity index is 1.54. The summed E-state index contributed by atoms with van der Waals surface area (Å²) >= 11 is 1.52. The Bertz CT molecular complexity index is 907. The van der Waals surface area contributed by atoms with Gasteiger partial charge in [0.2, 0.25) is 15.9 Å². The molecule has 0 N–H and O–H groups in total. The van der Waals surface area contributed by atoms with Crippen molar-refractivity contribution in [3.63, 3.8) is 0 Å². The standard InChI is InChI=1S/C21H24N2O3S2/c1-18(27-20-10-6-3-7-11-20)21(24)22-13-15-23(16-14-22)28(25,26)17-12-19-8-4-2-5-9-19/h2-12,17-18H,13-16H2,1H3/b17-12+/t18-/m0/s1. The van der Waals surface area contributed by atoms with Gasteiger partial charge in [-0.2, -0.15) is 4.31 Å². The molecule has 2 aromatic rings. The van der Waals surface area contributed by atoms with E-state index >= 15 is 0 Å². The highest BCUT2D eigenvalue weighted by atomic mass is 32.2. The van der Waals surface area contributed by atoms with E-state index in [-0.39, 0.29) is 11.2 Å². The molecular formula is C21H24N2O3S2. The second kappa shape index (κ2) is 9.41. The first-order valence-electron chi connectivity index (χ1n) is 9.19. The van der Waals surface area contributed by atoms with E-state index in [1.165, 1.54) is 21.5 Å². The number of benzene rings is 2. The van der Waals surface area contributed by atoms with Crippen molar-refractivity contribution in [2.45, 2.75) is 17.1 Å². The summed E-state index contributed by atoms with van der Waals surface area (Å²) in [6, 6.07) is 19.1. The predicted molar refractivity (Wildman–Crippen MR) is 114 cm³/mol. The van der Waals surface area contributed by atoms with Crippen LogP contribution in [0, 0.1) is 0 Å². The average molecular weight is 417 g/mol. The fourth-order valence-electron chi connectivity index (χ4n) is 2.99. The molecule has 5 nitrogen and oxygen atoms in total. The van der Waals surface area contributed by atoms with Gasteiger partial charge in [0, 0.05) is 36.5 Å². The maximum atomic E-state index is 12.7. The molecule has 3 rings (SSSR count). The van der Waals surface area contributed by atoms with Crippen LogP contribution in [-0.4, -0.2) is 55.0 Å². The van der Waals surface area contributed by atoms with Crippen molar-refractivity contribution in [3.8, 4) is 0 Å². The number of thioether (sulfide) groups is 1. The minimum absolute atomic E-state index is 0.0470. The van der Waals surface area contributed by atoms with Crippen LogP contribution in [0.25, 0.3) is 6.08 Å². The molecule has 1 aliphatic rings. The van der Waals surface area contributed by atoms with Crippen molar-refractivity contribution in [1.29, 1.82) is 0 Å². The Labute approximate surface area is 171 Å². The second-order valence-electron chi connectivity index (χ2n) is 6.56. The lowest BCUT2D eigenvalue weighted by molar-refractivity contribution is -0.131. The third-order valence-corrected chi connectivity index (χ3v) is 7.21. The van der Waals surface area contributed by atoms with Crippen LogP contribution in [0.1, 0.15) is 12.5 Å². The lowest BCUT2D eigenvalue weighted by Gasteiger charge is -2.34. The molecule has 0 bridgehead atoms. The molecule has 7 heteroatoms. The number of amides is 1. The van der Waals surface area contributed by atoms with Crippen molar-refractivity contribution < 1.29 is 13.2 Å². The Morgan fingerprint density at radius 3 is 2.14 bits per heavy atom. The topological polar surface area (TPSA) is 57.7 Å². The normalized spacial score (nSPS) is 17.0. The average Bonchev–Trinajstić information content (AvgIpc) is 2.73. The zero-order valence-corrected chi connectivity index (χ0v) is 17.4. The lowest BCUT2D eigenvalue weighted by Crippen LogP contribution is -2.51. The first kappa shape index (κ1) is 20.6. The molecule has 1 saturated heterocycles. The fraction of sp³-hybridized carbons (Fsp3) is 0.286. The van der Waals surface area contributed by atoms with Gasteiger partial charge in [-0.15, -0.1) is 11.8 Å². The summed E-state index contributed by atoms with van der Waals surface area (Å²) in [4.78, 5) is 15.5. The van der Waals surface area contributed by atoms with Gasteiger partial charge in [0.1, 0.15) is 0 Å². The highest BCUT2D eigenvalue weighted by Gasteiger charge is 2.29. The molecule has 0 aromatic heterocycles. The smallest absolute Gasteiger partial charge is 0.236 e. The van der Waals surface area contributed by atoms with E-state index in [0.29, 0.717) is 26.2 Å². The van der Waals surface area contributed by atoms with Crippen LogP contribution in [0.5, 0.6) is 0 Å². The van der Waals surface area contributed by atoms with E-state index < -0.39 is 10.0 Å². The maximum Gasteiger partial charge on any atom is 0.236 e. The number of carbonyl (C=O) groups is 1. The Morgan fingerprint density at radius 1 is 0.964 bits per heavy atom.